The van der Waals surface area contributed by atoms with E-state index in [0.29, 0.717) is 29.0 Å². The van der Waals surface area contributed by atoms with E-state index in [1.807, 2.05) is 26.0 Å². The minimum absolute atomic E-state index is 0.208. The van der Waals surface area contributed by atoms with Gasteiger partial charge in [-0.05, 0) is 38.5 Å². The SMILES string of the molecule is CC[C@@H](C)OC(=O)C1=C(C)NC(=O)N[C@@H]1c1cc(Br)ccc1OC. The third-order valence-corrected chi connectivity index (χ3v) is 4.37. The fourth-order valence-corrected chi connectivity index (χ4v) is 2.84. The maximum Gasteiger partial charge on any atom is 0.338 e. The first-order valence-electron chi connectivity index (χ1n) is 7.70. The second-order valence-corrected chi connectivity index (χ2v) is 6.50. The van der Waals surface area contributed by atoms with Crippen molar-refractivity contribution in [3.63, 3.8) is 0 Å². The molecule has 0 saturated carbocycles. The molecule has 0 aromatic heterocycles. The van der Waals surface area contributed by atoms with Crippen LogP contribution in [-0.4, -0.2) is 25.2 Å². The van der Waals surface area contributed by atoms with Crippen LogP contribution < -0.4 is 15.4 Å². The lowest BCUT2D eigenvalue weighted by molar-refractivity contribution is -0.144. The summed E-state index contributed by atoms with van der Waals surface area (Å²) in [4.78, 5) is 24.6. The molecule has 2 amide bonds. The molecule has 0 radical (unpaired) electrons. The van der Waals surface area contributed by atoms with Crippen LogP contribution in [0.3, 0.4) is 0 Å². The van der Waals surface area contributed by atoms with Crippen molar-refractivity contribution in [3.8, 4) is 5.75 Å². The van der Waals surface area contributed by atoms with Crippen LogP contribution in [0.25, 0.3) is 0 Å². The van der Waals surface area contributed by atoms with Crippen molar-refractivity contribution in [2.45, 2.75) is 39.3 Å². The number of carbonyl (C=O) groups is 2. The normalized spacial score (nSPS) is 18.5. The molecular formula is C17H21BrN2O4. The number of allylic oxidation sites excluding steroid dienone is 1. The summed E-state index contributed by atoms with van der Waals surface area (Å²) in [5.74, 6) is 0.119. The Morgan fingerprint density at radius 3 is 2.75 bits per heavy atom. The summed E-state index contributed by atoms with van der Waals surface area (Å²) in [5.41, 5.74) is 1.52. The number of hydrogen-bond donors (Lipinski definition) is 2. The first-order chi connectivity index (χ1) is 11.4. The van der Waals surface area contributed by atoms with Crippen LogP contribution >= 0.6 is 15.9 Å². The first-order valence-corrected chi connectivity index (χ1v) is 8.49. The Hall–Kier alpha value is -2.02. The van der Waals surface area contributed by atoms with Crippen molar-refractivity contribution in [2.75, 3.05) is 7.11 Å². The number of benzene rings is 1. The summed E-state index contributed by atoms with van der Waals surface area (Å²) >= 11 is 3.41. The molecule has 0 unspecified atom stereocenters. The molecule has 1 aromatic rings. The summed E-state index contributed by atoms with van der Waals surface area (Å²) < 4.78 is 11.7. The van der Waals surface area contributed by atoms with Crippen LogP contribution in [-0.2, 0) is 9.53 Å². The van der Waals surface area contributed by atoms with Gasteiger partial charge >= 0.3 is 12.0 Å². The van der Waals surface area contributed by atoms with Crippen LogP contribution in [0, 0.1) is 0 Å². The van der Waals surface area contributed by atoms with Crippen molar-refractivity contribution in [1.82, 2.24) is 10.6 Å². The van der Waals surface area contributed by atoms with Crippen LogP contribution in [0.5, 0.6) is 5.75 Å². The van der Waals surface area contributed by atoms with Gasteiger partial charge < -0.3 is 20.1 Å². The van der Waals surface area contributed by atoms with Crippen molar-refractivity contribution in [1.29, 1.82) is 0 Å². The van der Waals surface area contributed by atoms with E-state index in [0.717, 1.165) is 4.47 Å². The fourth-order valence-electron chi connectivity index (χ4n) is 2.46. The quantitative estimate of drug-likeness (QED) is 0.747. The van der Waals surface area contributed by atoms with E-state index in [-0.39, 0.29) is 12.1 Å². The van der Waals surface area contributed by atoms with Gasteiger partial charge in [0, 0.05) is 15.7 Å². The van der Waals surface area contributed by atoms with Crippen LogP contribution in [0.1, 0.15) is 38.8 Å². The number of nitrogens with one attached hydrogen (secondary N) is 2. The monoisotopic (exact) mass is 396 g/mol. The maximum atomic E-state index is 12.6. The number of hydrogen-bond acceptors (Lipinski definition) is 4. The molecule has 1 heterocycles. The zero-order valence-electron chi connectivity index (χ0n) is 14.1. The minimum Gasteiger partial charge on any atom is -0.496 e. The number of amides is 2. The Balaban J connectivity index is 2.49. The molecule has 0 spiro atoms. The predicted molar refractivity (Wildman–Crippen MR) is 93.6 cm³/mol. The molecule has 1 aromatic carbocycles. The maximum absolute atomic E-state index is 12.6. The van der Waals surface area contributed by atoms with Gasteiger partial charge in [0.05, 0.1) is 24.8 Å². The van der Waals surface area contributed by atoms with Gasteiger partial charge in [-0.2, -0.15) is 0 Å². The number of rotatable bonds is 5. The number of esters is 1. The van der Waals surface area contributed by atoms with Gasteiger partial charge in [0.25, 0.3) is 0 Å². The summed E-state index contributed by atoms with van der Waals surface area (Å²) in [6, 6.07) is 4.40. The van der Waals surface area contributed by atoms with Gasteiger partial charge in [0.15, 0.2) is 0 Å². The predicted octanol–water partition coefficient (Wildman–Crippen LogP) is 3.43. The van der Waals surface area contributed by atoms with Gasteiger partial charge in [0.2, 0.25) is 0 Å². The molecule has 0 bridgehead atoms. The lowest BCUT2D eigenvalue weighted by Crippen LogP contribution is -2.45. The van der Waals surface area contributed by atoms with E-state index < -0.39 is 12.0 Å². The Morgan fingerprint density at radius 1 is 1.42 bits per heavy atom. The third-order valence-electron chi connectivity index (χ3n) is 3.87. The highest BCUT2D eigenvalue weighted by atomic mass is 79.9. The molecule has 2 atom stereocenters. The van der Waals surface area contributed by atoms with Gasteiger partial charge in [-0.3, -0.25) is 0 Å². The molecule has 24 heavy (non-hydrogen) atoms. The molecular weight excluding hydrogens is 376 g/mol. The topological polar surface area (TPSA) is 76.7 Å². The Labute approximate surface area is 149 Å². The van der Waals surface area contributed by atoms with Crippen molar-refractivity contribution in [3.05, 3.63) is 39.5 Å². The number of carbonyl (C=O) groups excluding carboxylic acids is 2. The highest BCUT2D eigenvalue weighted by Gasteiger charge is 2.34. The molecule has 1 aliphatic heterocycles. The van der Waals surface area contributed by atoms with Crippen LogP contribution in [0.15, 0.2) is 33.9 Å². The molecule has 0 saturated heterocycles. The van der Waals surface area contributed by atoms with E-state index in [2.05, 4.69) is 26.6 Å². The molecule has 2 N–H and O–H groups in total. The van der Waals surface area contributed by atoms with Crippen molar-refractivity contribution < 1.29 is 19.1 Å². The van der Waals surface area contributed by atoms with E-state index in [9.17, 15) is 9.59 Å². The molecule has 0 aliphatic carbocycles. The molecule has 6 nitrogen and oxygen atoms in total. The van der Waals surface area contributed by atoms with Crippen LogP contribution in [0.2, 0.25) is 0 Å². The van der Waals surface area contributed by atoms with E-state index >= 15 is 0 Å². The van der Waals surface area contributed by atoms with E-state index in [1.54, 1.807) is 20.1 Å². The summed E-state index contributed by atoms with van der Waals surface area (Å²) in [6.07, 6.45) is 0.503. The molecule has 1 aliphatic rings. The van der Waals surface area contributed by atoms with Gasteiger partial charge in [0.1, 0.15) is 5.75 Å². The van der Waals surface area contributed by atoms with Crippen LogP contribution in [0.4, 0.5) is 4.79 Å². The van der Waals surface area contributed by atoms with Gasteiger partial charge in [-0.25, -0.2) is 9.59 Å². The number of methoxy groups -OCH3 is 1. The lowest BCUT2D eigenvalue weighted by atomic mass is 9.95. The second kappa shape index (κ2) is 7.70. The molecule has 2 rings (SSSR count). The highest BCUT2D eigenvalue weighted by molar-refractivity contribution is 9.10. The van der Waals surface area contributed by atoms with Gasteiger partial charge in [-0.15, -0.1) is 0 Å². The van der Waals surface area contributed by atoms with E-state index in [1.165, 1.54) is 0 Å². The number of halogens is 1. The standard InChI is InChI=1S/C17H21BrN2O4/c1-5-9(2)24-16(21)14-10(3)19-17(22)20-15(14)12-8-11(18)6-7-13(12)23-4/h6-9,15H,5H2,1-4H3,(H2,19,20,22)/t9-,15-/m1/s1. The zero-order chi connectivity index (χ0) is 17.9. The molecule has 7 heteroatoms. The zero-order valence-corrected chi connectivity index (χ0v) is 15.7. The average Bonchev–Trinajstić information content (AvgIpc) is 2.53. The van der Waals surface area contributed by atoms with Crippen molar-refractivity contribution >= 4 is 27.9 Å². The number of urea groups is 1. The first kappa shape index (κ1) is 18.3. The summed E-state index contributed by atoms with van der Waals surface area (Å²) in [6.45, 7) is 5.45. The third kappa shape index (κ3) is 3.90. The summed E-state index contributed by atoms with van der Waals surface area (Å²) in [7, 11) is 1.54. The Bertz CT molecular complexity index is 687. The molecule has 0 fully saturated rings. The largest absolute Gasteiger partial charge is 0.496 e. The second-order valence-electron chi connectivity index (χ2n) is 5.58. The minimum atomic E-state index is -0.650. The average molecular weight is 397 g/mol. The number of ether oxygens (including phenoxy) is 2. The van der Waals surface area contributed by atoms with Crippen molar-refractivity contribution in [2.24, 2.45) is 0 Å². The molecule has 130 valence electrons. The Morgan fingerprint density at radius 2 is 2.12 bits per heavy atom. The smallest absolute Gasteiger partial charge is 0.338 e. The Kier molecular flexibility index (Phi) is 5.88. The van der Waals surface area contributed by atoms with E-state index in [4.69, 9.17) is 9.47 Å². The van der Waals surface area contributed by atoms with Gasteiger partial charge in [-0.1, -0.05) is 22.9 Å². The summed E-state index contributed by atoms with van der Waals surface area (Å²) in [5, 5.41) is 5.41. The lowest BCUT2D eigenvalue weighted by Gasteiger charge is -2.29. The highest BCUT2D eigenvalue weighted by Crippen LogP contribution is 2.35. The fraction of sp³-hybridized carbons (Fsp3) is 0.412.